The van der Waals surface area contributed by atoms with E-state index in [1.165, 1.54) is 88.4 Å². The Balaban J connectivity index is 0. The van der Waals surface area contributed by atoms with E-state index < -0.39 is 52.3 Å². The van der Waals surface area contributed by atoms with Crippen LogP contribution < -0.4 is 0 Å². The Hall–Kier alpha value is 0.451. The predicted octanol–water partition coefficient (Wildman–Crippen LogP) is 13.5. The fraction of sp³-hybridized carbons (Fsp3) is 0.978. The van der Waals surface area contributed by atoms with Gasteiger partial charge in [-0.25, -0.2) is 0 Å². The first-order chi connectivity index (χ1) is 26.8. The fourth-order valence-electron chi connectivity index (χ4n) is 9.85. The predicted molar refractivity (Wildman–Crippen MR) is 278 cm³/mol. The van der Waals surface area contributed by atoms with Gasteiger partial charge in [0.1, 0.15) is 0 Å². The van der Waals surface area contributed by atoms with Crippen molar-refractivity contribution in [2.24, 2.45) is 11.8 Å². The maximum Gasteiger partial charge on any atom is 0.326 e. The highest BCUT2D eigenvalue weighted by atomic mass is 28.5. The fourth-order valence-corrected chi connectivity index (χ4v) is 34.3. The second-order valence-electron chi connectivity index (χ2n) is 19.0. The number of hydrogen-bond acceptors (Lipinski definition) is 10. The number of rotatable bonds is 14. The van der Waals surface area contributed by atoms with E-state index in [9.17, 15) is 4.79 Å². The van der Waals surface area contributed by atoms with Crippen LogP contribution >= 0.6 is 0 Å². The summed E-state index contributed by atoms with van der Waals surface area (Å²) in [5.74, 6) is 0.712. The van der Waals surface area contributed by atoms with Gasteiger partial charge in [-0.1, -0.05) is 103 Å². The summed E-state index contributed by atoms with van der Waals surface area (Å²) in [5.41, 5.74) is 0. The highest BCUT2D eigenvalue weighted by Crippen LogP contribution is 2.44. The second-order valence-corrected chi connectivity index (χ2v) is 38.9. The molecule has 12 atom stereocenters. The van der Waals surface area contributed by atoms with Gasteiger partial charge in [0, 0.05) is 13.2 Å². The van der Waals surface area contributed by atoms with Gasteiger partial charge in [-0.15, -0.1) is 0 Å². The van der Waals surface area contributed by atoms with E-state index in [0.717, 1.165) is 69.7 Å². The summed E-state index contributed by atoms with van der Waals surface area (Å²) in [6, 6.07) is 7.00. The number of fused-ring (bicyclic) bond motifs is 2. The summed E-state index contributed by atoms with van der Waals surface area (Å²) in [5, 5.41) is 0. The molecule has 0 bridgehead atoms. The summed E-state index contributed by atoms with van der Waals surface area (Å²) in [4.78, 5) is 12.3. The van der Waals surface area contributed by atoms with Crippen molar-refractivity contribution in [3.63, 3.8) is 0 Å². The van der Waals surface area contributed by atoms with Gasteiger partial charge in [0.15, 0.2) is 16.6 Å². The summed E-state index contributed by atoms with van der Waals surface area (Å²) < 4.78 is 56.3. The van der Waals surface area contributed by atoms with Gasteiger partial charge in [0.05, 0.1) is 36.9 Å². The molecular formula is C46H106O10Si6. The average molecular weight is 988 g/mol. The van der Waals surface area contributed by atoms with Crippen LogP contribution in [0.25, 0.3) is 0 Å². The maximum absolute atomic E-state index is 12.3. The lowest BCUT2D eigenvalue weighted by molar-refractivity contribution is -0.149. The normalized spacial score (nSPS) is 37.8. The molecule has 6 rings (SSSR count). The highest BCUT2D eigenvalue weighted by Gasteiger charge is 2.49. The van der Waals surface area contributed by atoms with Gasteiger partial charge < -0.3 is 39.5 Å². The Morgan fingerprint density at radius 1 is 0.597 bits per heavy atom. The Morgan fingerprint density at radius 3 is 1.68 bits per heavy atom. The lowest BCUT2D eigenvalue weighted by Gasteiger charge is -2.37. The topological polar surface area (TPSA) is 107 Å². The van der Waals surface area contributed by atoms with Gasteiger partial charge in [-0.05, 0) is 139 Å². The first kappa shape index (κ1) is 64.5. The third-order valence-electron chi connectivity index (χ3n) is 13.3. The molecule has 0 aromatic heterocycles. The summed E-state index contributed by atoms with van der Waals surface area (Å²) >= 11 is 0. The number of carbonyl (C=O) groups is 1. The number of carbonyl (C=O) groups excluding carboxylic acids is 1. The van der Waals surface area contributed by atoms with E-state index in [4.69, 9.17) is 39.5 Å². The zero-order valence-corrected chi connectivity index (χ0v) is 43.2. The Labute approximate surface area is 393 Å². The summed E-state index contributed by atoms with van der Waals surface area (Å²) in [6.07, 6.45) is 20.3. The molecule has 0 amide bonds. The van der Waals surface area contributed by atoms with Crippen LogP contribution in [0, 0.1) is 11.8 Å². The molecule has 2 saturated carbocycles. The molecular weight excluding hydrogens is 881 g/mol. The quantitative estimate of drug-likeness (QED) is 0.0723. The Morgan fingerprint density at radius 2 is 1.15 bits per heavy atom. The van der Waals surface area contributed by atoms with Crippen LogP contribution in [-0.2, 0) is 44.3 Å². The van der Waals surface area contributed by atoms with E-state index in [2.05, 4.69) is 53.1 Å². The van der Waals surface area contributed by atoms with E-state index in [0.29, 0.717) is 31.0 Å². The number of esters is 1. The van der Waals surface area contributed by atoms with Crippen molar-refractivity contribution in [1.29, 1.82) is 0 Å². The van der Waals surface area contributed by atoms with Gasteiger partial charge in [-0.3, -0.25) is 4.79 Å². The first-order valence-corrected chi connectivity index (χ1v) is 38.1. The molecule has 0 aromatic rings. The monoisotopic (exact) mass is 987 g/mol. The van der Waals surface area contributed by atoms with Crippen LogP contribution in [0.15, 0.2) is 0 Å². The van der Waals surface area contributed by atoms with Crippen molar-refractivity contribution in [3.8, 4) is 0 Å². The molecule has 374 valence electrons. The Kier molecular flexibility index (Phi) is 32.0. The van der Waals surface area contributed by atoms with E-state index in [-0.39, 0.29) is 56.4 Å². The second kappa shape index (κ2) is 30.8. The third kappa shape index (κ3) is 21.6. The molecule has 12 unspecified atom stereocenters. The molecule has 0 aromatic carbocycles. The standard InChI is InChI=1S/C21H42O6Si3.C19H40O4Si3.6CH4/c1-5-6-14-29(3)15-8-7-13-24-30(4,27-28(2)26-29)16-9-12-23-21(22)18-10-11-19-20(17-18)25-19;1-5-6-14-25(3)15-8-7-13-20-26(4,23-24(2)22-25)16-12-17-10-9-11-18-19(17)21-18;;;;;;/h18-20,28H,5-17H2,1-4H3;17-19,24H,5-16H2,1-4H3;6*1H4. The number of ether oxygens (including phenoxy) is 3. The minimum absolute atomic E-state index is 0. The van der Waals surface area contributed by atoms with Crippen molar-refractivity contribution in [2.75, 3.05) is 19.8 Å². The van der Waals surface area contributed by atoms with Crippen LogP contribution in [0.2, 0.25) is 75.5 Å². The molecule has 16 heteroatoms. The molecule has 62 heavy (non-hydrogen) atoms. The molecule has 4 saturated heterocycles. The molecule has 0 N–H and O–H groups in total. The van der Waals surface area contributed by atoms with E-state index in [1.54, 1.807) is 0 Å². The van der Waals surface area contributed by atoms with Crippen molar-refractivity contribution < 1.29 is 44.3 Å². The molecule has 4 aliphatic heterocycles. The first-order valence-electron chi connectivity index (χ1n) is 23.2. The van der Waals surface area contributed by atoms with Crippen LogP contribution in [0.3, 0.4) is 0 Å². The minimum atomic E-state index is -2.30. The van der Waals surface area contributed by atoms with Crippen LogP contribution in [0.5, 0.6) is 0 Å². The number of hydrogen-bond donors (Lipinski definition) is 0. The lowest BCUT2D eigenvalue weighted by atomic mass is 9.87. The SMILES string of the molecule is C.C.C.C.C.C.CCCC[Si]1(C)CCCCO[Si](C)(CCC2CCCC3OC23)O[SiH](C)O1.CCCC[Si]1(C)CCCCO[Si](C)(CCCOC(=O)C2CCC3OC3C2)O[SiH](C)O1. The zero-order chi connectivity index (χ0) is 40.2. The summed E-state index contributed by atoms with van der Waals surface area (Å²) in [7, 11) is -11.0. The molecule has 0 radical (unpaired) electrons. The third-order valence-corrected chi connectivity index (χ3v) is 36.9. The number of unbranched alkanes of at least 4 members (excludes halogenated alkanes) is 2. The molecule has 6 fully saturated rings. The van der Waals surface area contributed by atoms with Crippen molar-refractivity contribution in [3.05, 3.63) is 0 Å². The van der Waals surface area contributed by atoms with E-state index >= 15 is 0 Å². The maximum atomic E-state index is 12.3. The highest BCUT2D eigenvalue weighted by molar-refractivity contribution is 6.81. The largest absolute Gasteiger partial charge is 0.465 e. The van der Waals surface area contributed by atoms with Crippen LogP contribution in [0.4, 0.5) is 0 Å². The molecule has 0 spiro atoms. The van der Waals surface area contributed by atoms with E-state index in [1.807, 2.05) is 0 Å². The number of epoxide rings is 2. The van der Waals surface area contributed by atoms with Crippen LogP contribution in [-0.4, -0.2) is 103 Å². The van der Waals surface area contributed by atoms with Gasteiger partial charge in [-0.2, -0.15) is 0 Å². The van der Waals surface area contributed by atoms with Crippen molar-refractivity contribution in [1.82, 2.24) is 0 Å². The smallest absolute Gasteiger partial charge is 0.326 e. The summed E-state index contributed by atoms with van der Waals surface area (Å²) in [6.45, 7) is 20.4. The van der Waals surface area contributed by atoms with Crippen molar-refractivity contribution in [2.45, 2.75) is 261 Å². The van der Waals surface area contributed by atoms with Crippen LogP contribution in [0.1, 0.15) is 161 Å². The molecule has 2 aliphatic carbocycles. The minimum Gasteiger partial charge on any atom is -0.465 e. The Bertz CT molecular complexity index is 1200. The molecule has 10 nitrogen and oxygen atoms in total. The van der Waals surface area contributed by atoms with Crippen molar-refractivity contribution >= 4 is 58.3 Å². The van der Waals surface area contributed by atoms with Gasteiger partial charge in [0.2, 0.25) is 0 Å². The average Bonchev–Trinajstić information content (AvgIpc) is 4.09. The molecule has 4 heterocycles. The van der Waals surface area contributed by atoms with Gasteiger partial charge in [0.25, 0.3) is 18.6 Å². The lowest BCUT2D eigenvalue weighted by Crippen LogP contribution is -2.49. The molecule has 6 aliphatic rings. The van der Waals surface area contributed by atoms with Gasteiger partial charge >= 0.3 is 23.1 Å². The zero-order valence-electron chi connectivity index (χ0n) is 36.9.